The molecular formula is C26H43N5O6. The van der Waals surface area contributed by atoms with Gasteiger partial charge in [0, 0.05) is 25.4 Å². The van der Waals surface area contributed by atoms with E-state index >= 15 is 0 Å². The Balaban J connectivity index is 2.24. The predicted molar refractivity (Wildman–Crippen MR) is 136 cm³/mol. The van der Waals surface area contributed by atoms with Gasteiger partial charge in [0.05, 0.1) is 18.3 Å². The molecule has 0 aromatic carbocycles. The zero-order valence-electron chi connectivity index (χ0n) is 23.3. The highest BCUT2D eigenvalue weighted by Gasteiger charge is 2.46. The second-order valence-corrected chi connectivity index (χ2v) is 12.2. The highest BCUT2D eigenvalue weighted by atomic mass is 16.6. The first-order valence-electron chi connectivity index (χ1n) is 12.9. The minimum absolute atomic E-state index is 0.116. The maximum absolute atomic E-state index is 13.8. The van der Waals surface area contributed by atoms with Crippen LogP contribution in [0.2, 0.25) is 0 Å². The molecule has 2 heterocycles. The quantitative estimate of drug-likeness (QED) is 0.441. The smallest absolute Gasteiger partial charge is 0.408 e. The maximum Gasteiger partial charge on any atom is 0.408 e. The van der Waals surface area contributed by atoms with E-state index in [-0.39, 0.29) is 43.4 Å². The fourth-order valence-corrected chi connectivity index (χ4v) is 4.58. The van der Waals surface area contributed by atoms with Crippen LogP contribution in [-0.4, -0.2) is 77.7 Å². The Labute approximate surface area is 220 Å². The number of nitrogens with zero attached hydrogens (tertiary/aromatic N) is 2. The molecule has 0 bridgehead atoms. The molecular weight excluding hydrogens is 478 g/mol. The Morgan fingerprint density at radius 2 is 1.81 bits per heavy atom. The molecule has 208 valence electrons. The molecule has 4 amide bonds. The van der Waals surface area contributed by atoms with Crippen LogP contribution in [0.15, 0.2) is 0 Å². The van der Waals surface area contributed by atoms with Crippen molar-refractivity contribution in [3.8, 4) is 6.07 Å². The molecule has 37 heavy (non-hydrogen) atoms. The fourth-order valence-electron chi connectivity index (χ4n) is 4.58. The Morgan fingerprint density at radius 3 is 2.30 bits per heavy atom. The summed E-state index contributed by atoms with van der Waals surface area (Å²) >= 11 is 0. The van der Waals surface area contributed by atoms with E-state index in [1.54, 1.807) is 20.8 Å². The van der Waals surface area contributed by atoms with Crippen LogP contribution in [0.5, 0.6) is 0 Å². The average Bonchev–Trinajstić information content (AvgIpc) is 3.34. The van der Waals surface area contributed by atoms with E-state index in [0.717, 1.165) is 0 Å². The number of hydrogen-bond acceptors (Lipinski definition) is 7. The molecule has 0 aliphatic carbocycles. The molecule has 2 fully saturated rings. The molecule has 5 atom stereocenters. The minimum Gasteiger partial charge on any atom is -0.444 e. The van der Waals surface area contributed by atoms with Crippen molar-refractivity contribution < 1.29 is 28.7 Å². The lowest BCUT2D eigenvalue weighted by atomic mass is 9.85. The summed E-state index contributed by atoms with van der Waals surface area (Å²) in [6.07, 6.45) is -0.172. The lowest BCUT2D eigenvalue weighted by Crippen LogP contribution is -2.58. The van der Waals surface area contributed by atoms with Gasteiger partial charge in [-0.1, -0.05) is 20.8 Å². The second-order valence-electron chi connectivity index (χ2n) is 12.2. The van der Waals surface area contributed by atoms with Crippen molar-refractivity contribution in [2.45, 2.75) is 111 Å². The second kappa shape index (κ2) is 12.1. The predicted octanol–water partition coefficient (Wildman–Crippen LogP) is 1.85. The first kappa shape index (κ1) is 30.4. The van der Waals surface area contributed by atoms with Crippen molar-refractivity contribution in [2.24, 2.45) is 11.3 Å². The normalized spacial score (nSPS) is 23.7. The van der Waals surface area contributed by atoms with Crippen LogP contribution in [0.3, 0.4) is 0 Å². The van der Waals surface area contributed by atoms with Crippen molar-refractivity contribution in [1.29, 1.82) is 5.26 Å². The molecule has 0 saturated carbocycles. The Morgan fingerprint density at radius 1 is 1.16 bits per heavy atom. The van der Waals surface area contributed by atoms with E-state index < -0.39 is 47.0 Å². The van der Waals surface area contributed by atoms with E-state index in [2.05, 4.69) is 22.0 Å². The van der Waals surface area contributed by atoms with Crippen LogP contribution in [0.4, 0.5) is 4.79 Å². The summed E-state index contributed by atoms with van der Waals surface area (Å²) in [5.41, 5.74) is -1.43. The number of amides is 4. The molecule has 11 heteroatoms. The van der Waals surface area contributed by atoms with E-state index in [0.29, 0.717) is 13.0 Å². The van der Waals surface area contributed by atoms with Gasteiger partial charge in [0.25, 0.3) is 0 Å². The van der Waals surface area contributed by atoms with Gasteiger partial charge in [0.2, 0.25) is 17.7 Å². The van der Waals surface area contributed by atoms with Gasteiger partial charge in [-0.25, -0.2) is 4.79 Å². The third-order valence-corrected chi connectivity index (χ3v) is 6.24. The molecule has 2 saturated heterocycles. The summed E-state index contributed by atoms with van der Waals surface area (Å²) in [5.74, 6) is -1.39. The molecule has 1 unspecified atom stereocenters. The van der Waals surface area contributed by atoms with E-state index in [1.165, 1.54) is 4.90 Å². The van der Waals surface area contributed by atoms with Gasteiger partial charge in [-0.2, -0.15) is 5.26 Å². The van der Waals surface area contributed by atoms with Crippen LogP contribution in [-0.2, 0) is 23.9 Å². The van der Waals surface area contributed by atoms with Crippen LogP contribution in [0.1, 0.15) is 74.7 Å². The lowest BCUT2D eigenvalue weighted by molar-refractivity contribution is -0.142. The highest BCUT2D eigenvalue weighted by molar-refractivity contribution is 5.92. The van der Waals surface area contributed by atoms with Crippen LogP contribution >= 0.6 is 0 Å². The van der Waals surface area contributed by atoms with Crippen LogP contribution < -0.4 is 16.0 Å². The molecule has 0 aromatic heterocycles. The van der Waals surface area contributed by atoms with Gasteiger partial charge in [0.1, 0.15) is 23.7 Å². The van der Waals surface area contributed by atoms with Gasteiger partial charge in [-0.3, -0.25) is 14.4 Å². The zero-order chi connectivity index (χ0) is 28.1. The Hall–Kier alpha value is -2.87. The number of rotatable bonds is 8. The molecule has 2 rings (SSSR count). The number of likely N-dealkylation sites (tertiary alicyclic amines) is 1. The van der Waals surface area contributed by atoms with Gasteiger partial charge in [-0.15, -0.1) is 0 Å². The minimum atomic E-state index is -0.968. The average molecular weight is 522 g/mol. The Bertz CT molecular complexity index is 901. The lowest BCUT2D eigenvalue weighted by Gasteiger charge is -2.35. The number of carbonyl (C=O) groups is 4. The standard InChI is InChI=1S/C26H43N5O6/c1-15(2)36-18-12-19(22(33)29-17(13-27)11-16-9-10-28-21(16)32)31(14-18)23(34)20(25(3,4)5)30-24(35)37-26(6,7)8/h15-20H,9-12,14H2,1-8H3,(H,28,32)(H,29,33)(H,30,35)/t16-,17?,18-,19+,20-/m1/s1. The molecule has 0 aromatic rings. The van der Waals surface area contributed by atoms with E-state index in [4.69, 9.17) is 9.47 Å². The number of nitrogens with one attached hydrogen (secondary N) is 3. The fraction of sp³-hybridized carbons (Fsp3) is 0.808. The van der Waals surface area contributed by atoms with Gasteiger partial charge in [0.15, 0.2) is 0 Å². The first-order chi connectivity index (χ1) is 17.0. The summed E-state index contributed by atoms with van der Waals surface area (Å²) in [6.45, 7) is 15.1. The molecule has 2 aliphatic rings. The summed E-state index contributed by atoms with van der Waals surface area (Å²) in [4.78, 5) is 53.1. The third-order valence-electron chi connectivity index (χ3n) is 6.24. The molecule has 0 radical (unpaired) electrons. The van der Waals surface area contributed by atoms with Gasteiger partial charge < -0.3 is 30.3 Å². The van der Waals surface area contributed by atoms with E-state index in [9.17, 15) is 24.4 Å². The van der Waals surface area contributed by atoms with Crippen molar-refractivity contribution in [3.05, 3.63) is 0 Å². The number of carbonyl (C=O) groups excluding carboxylic acids is 4. The third kappa shape index (κ3) is 8.88. The highest BCUT2D eigenvalue weighted by Crippen LogP contribution is 2.28. The SMILES string of the molecule is CC(C)O[C@@H]1C[C@@H](C(=O)NC(C#N)C[C@H]2CCNC2=O)N(C(=O)[C@@H](NC(=O)OC(C)(C)C)C(C)(C)C)C1. The number of nitriles is 1. The summed E-state index contributed by atoms with van der Waals surface area (Å²) < 4.78 is 11.3. The van der Waals surface area contributed by atoms with E-state index in [1.807, 2.05) is 34.6 Å². The maximum atomic E-state index is 13.8. The zero-order valence-corrected chi connectivity index (χ0v) is 23.3. The largest absolute Gasteiger partial charge is 0.444 e. The van der Waals surface area contributed by atoms with Crippen LogP contribution in [0.25, 0.3) is 0 Å². The number of hydrogen-bond donors (Lipinski definition) is 3. The molecule has 3 N–H and O–H groups in total. The van der Waals surface area contributed by atoms with Gasteiger partial charge in [-0.05, 0) is 52.9 Å². The molecule has 2 aliphatic heterocycles. The Kier molecular flexibility index (Phi) is 9.94. The van der Waals surface area contributed by atoms with Gasteiger partial charge >= 0.3 is 6.09 Å². The van der Waals surface area contributed by atoms with Crippen molar-refractivity contribution in [1.82, 2.24) is 20.9 Å². The van der Waals surface area contributed by atoms with Crippen molar-refractivity contribution >= 4 is 23.8 Å². The first-order valence-corrected chi connectivity index (χ1v) is 12.9. The monoisotopic (exact) mass is 521 g/mol. The van der Waals surface area contributed by atoms with Crippen molar-refractivity contribution in [3.63, 3.8) is 0 Å². The molecule has 11 nitrogen and oxygen atoms in total. The summed E-state index contributed by atoms with van der Waals surface area (Å²) in [7, 11) is 0. The molecule has 0 spiro atoms. The topological polar surface area (TPSA) is 150 Å². The number of ether oxygens (including phenoxy) is 2. The van der Waals surface area contributed by atoms with Crippen molar-refractivity contribution in [2.75, 3.05) is 13.1 Å². The summed E-state index contributed by atoms with van der Waals surface area (Å²) in [5, 5.41) is 17.8. The number of alkyl carbamates (subject to hydrolysis) is 1. The summed E-state index contributed by atoms with van der Waals surface area (Å²) in [6, 6.07) is -0.669. The van der Waals surface area contributed by atoms with Crippen LogP contribution in [0, 0.1) is 22.7 Å².